The standard InChI is InChI=1S/C24H38N4O/c25-22-10-18-28(19-22)24(29)21-8-16-27(17-9-21)23-11-14-26(15-12-23)13-4-7-20-5-2-1-3-6-20/h1-3,5-6,21-23H,4,7-19,25H2/t22-/m0/s1. The average molecular weight is 399 g/mol. The van der Waals surface area contributed by atoms with Crippen LogP contribution in [0.25, 0.3) is 0 Å². The van der Waals surface area contributed by atoms with Crippen LogP contribution >= 0.6 is 0 Å². The van der Waals surface area contributed by atoms with Crippen molar-refractivity contribution in [2.75, 3.05) is 45.8 Å². The maximum absolute atomic E-state index is 12.7. The molecule has 5 heteroatoms. The van der Waals surface area contributed by atoms with Crippen LogP contribution in [-0.2, 0) is 11.2 Å². The third-order valence-corrected chi connectivity index (χ3v) is 7.27. The van der Waals surface area contributed by atoms with Gasteiger partial charge in [-0.15, -0.1) is 0 Å². The van der Waals surface area contributed by atoms with Crippen molar-refractivity contribution in [2.24, 2.45) is 11.7 Å². The topological polar surface area (TPSA) is 52.8 Å². The number of benzene rings is 1. The molecule has 1 aromatic rings. The molecular formula is C24H38N4O. The Labute approximate surface area is 176 Å². The number of nitrogens with zero attached hydrogens (tertiary/aromatic N) is 3. The maximum Gasteiger partial charge on any atom is 0.225 e. The summed E-state index contributed by atoms with van der Waals surface area (Å²) in [6.07, 6.45) is 8.03. The molecule has 0 radical (unpaired) electrons. The maximum atomic E-state index is 12.7. The first-order valence-electron chi connectivity index (χ1n) is 11.7. The summed E-state index contributed by atoms with van der Waals surface area (Å²) in [4.78, 5) is 20.0. The number of likely N-dealkylation sites (tertiary alicyclic amines) is 3. The molecule has 0 aromatic heterocycles. The van der Waals surface area contributed by atoms with Crippen LogP contribution < -0.4 is 5.73 Å². The molecule has 3 saturated heterocycles. The molecule has 3 aliphatic heterocycles. The summed E-state index contributed by atoms with van der Waals surface area (Å²) in [5, 5.41) is 0. The molecule has 0 bridgehead atoms. The zero-order valence-electron chi connectivity index (χ0n) is 17.8. The zero-order chi connectivity index (χ0) is 20.1. The van der Waals surface area contributed by atoms with E-state index in [9.17, 15) is 4.79 Å². The first kappa shape index (κ1) is 20.8. The van der Waals surface area contributed by atoms with Crippen molar-refractivity contribution in [3.63, 3.8) is 0 Å². The molecular weight excluding hydrogens is 360 g/mol. The van der Waals surface area contributed by atoms with Crippen LogP contribution in [-0.4, -0.2) is 78.5 Å². The van der Waals surface area contributed by atoms with Crippen LogP contribution in [0.5, 0.6) is 0 Å². The van der Waals surface area contributed by atoms with Gasteiger partial charge in [-0.3, -0.25) is 4.79 Å². The largest absolute Gasteiger partial charge is 0.341 e. The van der Waals surface area contributed by atoms with Crippen LogP contribution in [0.4, 0.5) is 0 Å². The Morgan fingerprint density at radius 2 is 1.66 bits per heavy atom. The quantitative estimate of drug-likeness (QED) is 0.799. The average Bonchev–Trinajstić information content (AvgIpc) is 3.21. The van der Waals surface area contributed by atoms with Crippen LogP contribution in [0.2, 0.25) is 0 Å². The van der Waals surface area contributed by atoms with Gasteiger partial charge in [0.2, 0.25) is 5.91 Å². The van der Waals surface area contributed by atoms with E-state index in [0.29, 0.717) is 5.91 Å². The molecule has 29 heavy (non-hydrogen) atoms. The summed E-state index contributed by atoms with van der Waals surface area (Å²) in [6.45, 7) is 7.48. The molecule has 160 valence electrons. The number of rotatable bonds is 6. The number of carbonyl (C=O) groups is 1. The number of piperidine rings is 2. The molecule has 2 N–H and O–H groups in total. The smallest absolute Gasteiger partial charge is 0.225 e. The molecule has 3 aliphatic rings. The van der Waals surface area contributed by atoms with Gasteiger partial charge in [-0.05, 0) is 83.2 Å². The van der Waals surface area contributed by atoms with Crippen molar-refractivity contribution >= 4 is 5.91 Å². The highest BCUT2D eigenvalue weighted by atomic mass is 16.2. The lowest BCUT2D eigenvalue weighted by molar-refractivity contribution is -0.136. The van der Waals surface area contributed by atoms with Gasteiger partial charge in [-0.25, -0.2) is 0 Å². The van der Waals surface area contributed by atoms with E-state index in [1.807, 2.05) is 4.90 Å². The molecule has 0 saturated carbocycles. The fraction of sp³-hybridized carbons (Fsp3) is 0.708. The normalized spacial score (nSPS) is 25.6. The van der Waals surface area contributed by atoms with Crippen molar-refractivity contribution in [1.29, 1.82) is 0 Å². The SMILES string of the molecule is N[C@H]1CCN(C(=O)C2CCN(C3CCN(CCCc4ccccc4)CC3)CC2)C1. The van der Waals surface area contributed by atoms with Crippen molar-refractivity contribution in [3.05, 3.63) is 35.9 Å². The highest BCUT2D eigenvalue weighted by molar-refractivity contribution is 5.79. The van der Waals surface area contributed by atoms with E-state index in [1.165, 1.54) is 50.9 Å². The summed E-state index contributed by atoms with van der Waals surface area (Å²) in [5.41, 5.74) is 7.43. The van der Waals surface area contributed by atoms with Gasteiger partial charge in [-0.1, -0.05) is 30.3 Å². The Kier molecular flexibility index (Phi) is 7.22. The van der Waals surface area contributed by atoms with Gasteiger partial charge in [0.25, 0.3) is 0 Å². The summed E-state index contributed by atoms with van der Waals surface area (Å²) < 4.78 is 0. The molecule has 1 atom stereocenters. The molecule has 0 spiro atoms. The lowest BCUT2D eigenvalue weighted by atomic mass is 9.92. The first-order chi connectivity index (χ1) is 14.2. The van der Waals surface area contributed by atoms with Crippen LogP contribution in [0.15, 0.2) is 30.3 Å². The molecule has 4 rings (SSSR count). The monoisotopic (exact) mass is 398 g/mol. The van der Waals surface area contributed by atoms with Gasteiger partial charge in [0, 0.05) is 31.1 Å². The van der Waals surface area contributed by atoms with Crippen molar-refractivity contribution in [2.45, 2.75) is 57.0 Å². The minimum atomic E-state index is 0.192. The fourth-order valence-corrected chi connectivity index (χ4v) is 5.42. The molecule has 1 aromatic carbocycles. The predicted molar refractivity (Wildman–Crippen MR) is 118 cm³/mol. The van der Waals surface area contributed by atoms with E-state index in [-0.39, 0.29) is 12.0 Å². The number of carbonyl (C=O) groups excluding carboxylic acids is 1. The van der Waals surface area contributed by atoms with E-state index in [0.717, 1.165) is 51.5 Å². The summed E-state index contributed by atoms with van der Waals surface area (Å²) in [5.74, 6) is 0.598. The van der Waals surface area contributed by atoms with Gasteiger partial charge < -0.3 is 20.4 Å². The van der Waals surface area contributed by atoms with Crippen molar-refractivity contribution < 1.29 is 4.79 Å². The Morgan fingerprint density at radius 1 is 0.931 bits per heavy atom. The Morgan fingerprint density at radius 3 is 2.31 bits per heavy atom. The summed E-state index contributed by atoms with van der Waals surface area (Å²) >= 11 is 0. The highest BCUT2D eigenvalue weighted by Crippen LogP contribution is 2.26. The van der Waals surface area contributed by atoms with E-state index in [2.05, 4.69) is 40.1 Å². The summed E-state index contributed by atoms with van der Waals surface area (Å²) in [6, 6.07) is 11.7. The van der Waals surface area contributed by atoms with Gasteiger partial charge in [-0.2, -0.15) is 0 Å². The van der Waals surface area contributed by atoms with E-state index in [4.69, 9.17) is 5.73 Å². The molecule has 3 fully saturated rings. The Balaban J connectivity index is 1.13. The third kappa shape index (κ3) is 5.59. The predicted octanol–water partition coefficient (Wildman–Crippen LogP) is 2.36. The molecule has 5 nitrogen and oxygen atoms in total. The number of nitrogens with two attached hydrogens (primary N) is 1. The summed E-state index contributed by atoms with van der Waals surface area (Å²) in [7, 11) is 0. The fourth-order valence-electron chi connectivity index (χ4n) is 5.42. The lowest BCUT2D eigenvalue weighted by Crippen LogP contribution is -2.49. The molecule has 1 amide bonds. The minimum Gasteiger partial charge on any atom is -0.341 e. The van der Waals surface area contributed by atoms with Crippen LogP contribution in [0.1, 0.15) is 44.1 Å². The zero-order valence-corrected chi connectivity index (χ0v) is 17.8. The minimum absolute atomic E-state index is 0.192. The number of amides is 1. The second-order valence-electron chi connectivity index (χ2n) is 9.31. The van der Waals surface area contributed by atoms with Crippen molar-refractivity contribution in [1.82, 2.24) is 14.7 Å². The van der Waals surface area contributed by atoms with Crippen LogP contribution in [0.3, 0.4) is 0 Å². The second-order valence-corrected chi connectivity index (χ2v) is 9.31. The molecule has 0 unspecified atom stereocenters. The Hall–Kier alpha value is -1.43. The molecule has 0 aliphatic carbocycles. The number of aryl methyl sites for hydroxylation is 1. The van der Waals surface area contributed by atoms with Gasteiger partial charge in [0.15, 0.2) is 0 Å². The first-order valence-corrected chi connectivity index (χ1v) is 11.7. The number of hydrogen-bond acceptors (Lipinski definition) is 4. The number of hydrogen-bond donors (Lipinski definition) is 1. The lowest BCUT2D eigenvalue weighted by Gasteiger charge is -2.42. The van der Waals surface area contributed by atoms with E-state index in [1.54, 1.807) is 0 Å². The van der Waals surface area contributed by atoms with Crippen molar-refractivity contribution in [3.8, 4) is 0 Å². The van der Waals surface area contributed by atoms with Crippen LogP contribution in [0, 0.1) is 5.92 Å². The van der Waals surface area contributed by atoms with E-state index >= 15 is 0 Å². The van der Waals surface area contributed by atoms with Gasteiger partial charge in [0.05, 0.1) is 0 Å². The third-order valence-electron chi connectivity index (χ3n) is 7.27. The highest BCUT2D eigenvalue weighted by Gasteiger charge is 2.34. The second kappa shape index (κ2) is 10.1. The van der Waals surface area contributed by atoms with Gasteiger partial charge >= 0.3 is 0 Å². The molecule has 3 heterocycles. The van der Waals surface area contributed by atoms with E-state index < -0.39 is 0 Å². The van der Waals surface area contributed by atoms with Gasteiger partial charge in [0.1, 0.15) is 0 Å². The Bertz CT molecular complexity index is 636.